The molecule has 2 N–H and O–H groups in total. The van der Waals surface area contributed by atoms with Crippen LogP contribution in [0.1, 0.15) is 29.2 Å². The summed E-state index contributed by atoms with van der Waals surface area (Å²) in [5.41, 5.74) is 6.08. The Morgan fingerprint density at radius 3 is 2.60 bits per heavy atom. The van der Waals surface area contributed by atoms with Gasteiger partial charge < -0.3 is 24.7 Å². The second-order valence-electron chi connectivity index (χ2n) is 5.94. The Labute approximate surface area is 146 Å². The van der Waals surface area contributed by atoms with Crippen LogP contribution in [0.25, 0.3) is 0 Å². The first-order valence-electron chi connectivity index (χ1n) is 8.37. The largest absolute Gasteiger partial charge is 0.493 e. The summed E-state index contributed by atoms with van der Waals surface area (Å²) in [4.78, 5) is 14.7. The maximum Gasteiger partial charge on any atom is 0.253 e. The zero-order valence-electron chi connectivity index (χ0n) is 14.3. The first kappa shape index (κ1) is 17.2. The monoisotopic (exact) mass is 345 g/mol. The molecule has 2 aromatic rings. The topological polar surface area (TPSA) is 95.5 Å². The zero-order valence-corrected chi connectivity index (χ0v) is 14.3. The highest BCUT2D eigenvalue weighted by Gasteiger charge is 2.25. The van der Waals surface area contributed by atoms with Gasteiger partial charge in [-0.1, -0.05) is 0 Å². The molecular weight excluding hydrogens is 322 g/mol. The smallest absolute Gasteiger partial charge is 0.253 e. The summed E-state index contributed by atoms with van der Waals surface area (Å²) < 4.78 is 12.9. The molecule has 0 aliphatic carbocycles. The standard InChI is InChI=1S/C17H23N5O3/c1-24-15-3-2-13(10-16(15)25-9-6-18)17(23)21-7-4-14(5-8-21)22-11-19-20-12-22/h2-3,10-12,14H,4-9,18H2,1H3. The van der Waals surface area contributed by atoms with E-state index in [2.05, 4.69) is 10.2 Å². The number of methoxy groups -OCH3 is 1. The molecule has 2 heterocycles. The molecule has 0 radical (unpaired) electrons. The van der Waals surface area contributed by atoms with Gasteiger partial charge in [0.05, 0.1) is 7.11 Å². The Hall–Kier alpha value is -2.61. The highest BCUT2D eigenvalue weighted by molar-refractivity contribution is 5.95. The Balaban J connectivity index is 1.67. The van der Waals surface area contributed by atoms with Crippen molar-refractivity contribution >= 4 is 5.91 Å². The Morgan fingerprint density at radius 1 is 1.24 bits per heavy atom. The molecule has 0 bridgehead atoms. The van der Waals surface area contributed by atoms with Gasteiger partial charge in [-0.15, -0.1) is 10.2 Å². The molecule has 1 aliphatic rings. The number of rotatable bonds is 6. The predicted molar refractivity (Wildman–Crippen MR) is 91.7 cm³/mol. The number of piperidine rings is 1. The van der Waals surface area contributed by atoms with E-state index in [0.29, 0.717) is 49.3 Å². The predicted octanol–water partition coefficient (Wildman–Crippen LogP) is 1.10. The van der Waals surface area contributed by atoms with Crippen LogP contribution in [-0.2, 0) is 0 Å². The molecule has 8 heteroatoms. The number of likely N-dealkylation sites (tertiary alicyclic amines) is 1. The summed E-state index contributed by atoms with van der Waals surface area (Å²) in [5.74, 6) is 1.14. The molecule has 3 rings (SSSR count). The maximum atomic E-state index is 12.8. The van der Waals surface area contributed by atoms with Crippen molar-refractivity contribution in [2.45, 2.75) is 18.9 Å². The molecule has 0 unspecified atom stereocenters. The van der Waals surface area contributed by atoms with Gasteiger partial charge in [-0.2, -0.15) is 0 Å². The van der Waals surface area contributed by atoms with Crippen LogP contribution in [0.4, 0.5) is 0 Å². The van der Waals surface area contributed by atoms with Crippen LogP contribution in [0.15, 0.2) is 30.9 Å². The van der Waals surface area contributed by atoms with Crippen LogP contribution in [0.5, 0.6) is 11.5 Å². The Kier molecular flexibility index (Phi) is 5.49. The number of aromatic nitrogens is 3. The lowest BCUT2D eigenvalue weighted by Crippen LogP contribution is -2.38. The Morgan fingerprint density at radius 2 is 1.96 bits per heavy atom. The summed E-state index contributed by atoms with van der Waals surface area (Å²) in [6.07, 6.45) is 5.23. The van der Waals surface area contributed by atoms with Crippen LogP contribution in [0.2, 0.25) is 0 Å². The lowest BCUT2D eigenvalue weighted by Gasteiger charge is -2.32. The molecule has 1 aliphatic heterocycles. The second-order valence-corrected chi connectivity index (χ2v) is 5.94. The molecule has 8 nitrogen and oxygen atoms in total. The van der Waals surface area contributed by atoms with Gasteiger partial charge >= 0.3 is 0 Å². The summed E-state index contributed by atoms with van der Waals surface area (Å²) in [5, 5.41) is 7.69. The number of ether oxygens (including phenoxy) is 2. The van der Waals surface area contributed by atoms with Crippen LogP contribution in [0, 0.1) is 0 Å². The minimum atomic E-state index is 0.00228. The van der Waals surface area contributed by atoms with Gasteiger partial charge in [0, 0.05) is 31.2 Å². The van der Waals surface area contributed by atoms with Crippen molar-refractivity contribution in [2.75, 3.05) is 33.4 Å². The van der Waals surface area contributed by atoms with E-state index in [9.17, 15) is 4.79 Å². The molecule has 1 fully saturated rings. The minimum Gasteiger partial charge on any atom is -0.493 e. The van der Waals surface area contributed by atoms with Gasteiger partial charge in [-0.3, -0.25) is 4.79 Å². The van der Waals surface area contributed by atoms with Gasteiger partial charge in [-0.05, 0) is 31.0 Å². The number of benzene rings is 1. The normalized spacial score (nSPS) is 15.2. The quantitative estimate of drug-likeness (QED) is 0.842. The van der Waals surface area contributed by atoms with Crippen molar-refractivity contribution in [3.63, 3.8) is 0 Å². The van der Waals surface area contributed by atoms with Crippen molar-refractivity contribution in [1.82, 2.24) is 19.7 Å². The molecular formula is C17H23N5O3. The first-order valence-corrected chi connectivity index (χ1v) is 8.37. The van der Waals surface area contributed by atoms with Crippen LogP contribution >= 0.6 is 0 Å². The zero-order chi connectivity index (χ0) is 17.6. The molecule has 0 saturated carbocycles. The number of carbonyl (C=O) groups is 1. The minimum absolute atomic E-state index is 0.00228. The second kappa shape index (κ2) is 7.98. The van der Waals surface area contributed by atoms with Crippen molar-refractivity contribution in [1.29, 1.82) is 0 Å². The van der Waals surface area contributed by atoms with Crippen molar-refractivity contribution in [3.8, 4) is 11.5 Å². The van der Waals surface area contributed by atoms with Gasteiger partial charge in [0.2, 0.25) is 0 Å². The highest BCUT2D eigenvalue weighted by atomic mass is 16.5. The summed E-state index contributed by atoms with van der Waals surface area (Å²) in [6.45, 7) is 2.18. The van der Waals surface area contributed by atoms with E-state index in [-0.39, 0.29) is 5.91 Å². The molecule has 0 atom stereocenters. The fourth-order valence-electron chi connectivity index (χ4n) is 3.04. The fraction of sp³-hybridized carbons (Fsp3) is 0.471. The number of nitrogens with zero attached hydrogens (tertiary/aromatic N) is 4. The average molecular weight is 345 g/mol. The third-order valence-corrected chi connectivity index (χ3v) is 4.40. The van der Waals surface area contributed by atoms with Gasteiger partial charge in [-0.25, -0.2) is 0 Å². The molecule has 1 amide bonds. The van der Waals surface area contributed by atoms with Crippen molar-refractivity contribution < 1.29 is 14.3 Å². The van der Waals surface area contributed by atoms with E-state index in [1.165, 1.54) is 0 Å². The number of carbonyl (C=O) groups excluding carboxylic acids is 1. The summed E-state index contributed by atoms with van der Waals surface area (Å²) >= 11 is 0. The molecule has 1 aromatic heterocycles. The molecule has 25 heavy (non-hydrogen) atoms. The number of amides is 1. The third kappa shape index (κ3) is 3.90. The average Bonchev–Trinajstić information content (AvgIpc) is 3.20. The fourth-order valence-corrected chi connectivity index (χ4v) is 3.04. The van der Waals surface area contributed by atoms with Gasteiger partial charge in [0.1, 0.15) is 19.3 Å². The van der Waals surface area contributed by atoms with E-state index < -0.39 is 0 Å². The lowest BCUT2D eigenvalue weighted by atomic mass is 10.0. The Bertz CT molecular complexity index is 696. The van der Waals surface area contributed by atoms with Crippen LogP contribution < -0.4 is 15.2 Å². The highest BCUT2D eigenvalue weighted by Crippen LogP contribution is 2.29. The third-order valence-electron chi connectivity index (χ3n) is 4.40. The first-order chi connectivity index (χ1) is 12.2. The maximum absolute atomic E-state index is 12.8. The number of nitrogens with two attached hydrogens (primary N) is 1. The van der Waals surface area contributed by atoms with E-state index in [0.717, 1.165) is 12.8 Å². The van der Waals surface area contributed by atoms with Gasteiger partial charge in [0.15, 0.2) is 11.5 Å². The molecule has 1 saturated heterocycles. The molecule has 134 valence electrons. The molecule has 0 spiro atoms. The van der Waals surface area contributed by atoms with E-state index in [1.54, 1.807) is 38.0 Å². The van der Waals surface area contributed by atoms with Crippen molar-refractivity contribution in [2.24, 2.45) is 5.73 Å². The van der Waals surface area contributed by atoms with E-state index >= 15 is 0 Å². The number of hydrogen-bond donors (Lipinski definition) is 1. The molecule has 1 aromatic carbocycles. The van der Waals surface area contributed by atoms with Crippen LogP contribution in [0.3, 0.4) is 0 Å². The van der Waals surface area contributed by atoms with Crippen LogP contribution in [-0.4, -0.2) is 58.9 Å². The summed E-state index contributed by atoms with van der Waals surface area (Å²) in [6, 6.07) is 5.59. The van der Waals surface area contributed by atoms with Crippen molar-refractivity contribution in [3.05, 3.63) is 36.4 Å². The SMILES string of the molecule is COc1ccc(C(=O)N2CCC(n3cnnc3)CC2)cc1OCCN. The van der Waals surface area contributed by atoms with E-state index in [1.807, 2.05) is 9.47 Å². The summed E-state index contributed by atoms with van der Waals surface area (Å²) in [7, 11) is 1.57. The lowest BCUT2D eigenvalue weighted by molar-refractivity contribution is 0.0694. The van der Waals surface area contributed by atoms with E-state index in [4.69, 9.17) is 15.2 Å². The number of hydrogen-bond acceptors (Lipinski definition) is 6. The van der Waals surface area contributed by atoms with Gasteiger partial charge in [0.25, 0.3) is 5.91 Å².